The quantitative estimate of drug-likeness (QED) is 0.777. The smallest absolute Gasteiger partial charge is 0.0679 e. The first-order valence-corrected chi connectivity index (χ1v) is 9.30. The van der Waals surface area contributed by atoms with E-state index in [1.54, 1.807) is 0 Å². The topological polar surface area (TPSA) is 32.7 Å². The first kappa shape index (κ1) is 16.9. The van der Waals surface area contributed by atoms with Crippen molar-refractivity contribution >= 4 is 0 Å². The number of ether oxygens (including phenoxy) is 1. The summed E-state index contributed by atoms with van der Waals surface area (Å²) in [5.41, 5.74) is 0.887. The average Bonchev–Trinajstić information content (AvgIpc) is 2.54. The van der Waals surface area contributed by atoms with Gasteiger partial charge in [-0.2, -0.15) is 0 Å². The monoisotopic (exact) mass is 317 g/mol. The van der Waals surface area contributed by atoms with Crippen molar-refractivity contribution in [1.29, 1.82) is 0 Å². The Morgan fingerprint density at radius 3 is 2.43 bits per heavy atom. The minimum atomic E-state index is -0.472. The van der Waals surface area contributed by atoms with Crippen LogP contribution in [0.2, 0.25) is 0 Å². The second kappa shape index (κ2) is 7.78. The average molecular weight is 317 g/mol. The number of hydrogen-bond donors (Lipinski definition) is 1. The van der Waals surface area contributed by atoms with Crippen LogP contribution in [0, 0.1) is 0 Å². The molecule has 0 aliphatic carbocycles. The van der Waals surface area contributed by atoms with E-state index in [1.165, 1.54) is 24.8 Å². The van der Waals surface area contributed by atoms with Gasteiger partial charge in [-0.25, -0.2) is 0 Å². The minimum absolute atomic E-state index is 0.360. The van der Waals surface area contributed by atoms with E-state index in [0.29, 0.717) is 12.1 Å². The van der Waals surface area contributed by atoms with E-state index in [2.05, 4.69) is 42.2 Å². The summed E-state index contributed by atoms with van der Waals surface area (Å²) >= 11 is 0. The van der Waals surface area contributed by atoms with Gasteiger partial charge in [-0.3, -0.25) is 4.90 Å². The zero-order chi connectivity index (χ0) is 16.1. The van der Waals surface area contributed by atoms with Crippen molar-refractivity contribution in [1.82, 2.24) is 4.90 Å². The molecule has 0 aromatic heterocycles. The molecule has 3 nitrogen and oxygen atoms in total. The van der Waals surface area contributed by atoms with Crippen LogP contribution in [0.1, 0.15) is 57.4 Å². The van der Waals surface area contributed by atoms with Crippen LogP contribution in [-0.2, 0) is 11.3 Å². The lowest BCUT2D eigenvalue weighted by molar-refractivity contribution is -0.148. The van der Waals surface area contributed by atoms with Crippen LogP contribution in [0.25, 0.3) is 0 Å². The zero-order valence-corrected chi connectivity index (χ0v) is 14.4. The van der Waals surface area contributed by atoms with E-state index in [4.69, 9.17) is 4.74 Å². The second-order valence-corrected chi connectivity index (χ2v) is 7.45. The Balaban J connectivity index is 1.61. The highest BCUT2D eigenvalue weighted by Gasteiger charge is 2.45. The molecule has 2 saturated heterocycles. The van der Waals surface area contributed by atoms with E-state index >= 15 is 0 Å². The maximum absolute atomic E-state index is 11.1. The van der Waals surface area contributed by atoms with Crippen molar-refractivity contribution in [3.63, 3.8) is 0 Å². The van der Waals surface area contributed by atoms with Crippen LogP contribution in [0.4, 0.5) is 0 Å². The molecule has 2 fully saturated rings. The molecule has 2 heterocycles. The van der Waals surface area contributed by atoms with Gasteiger partial charge in [0, 0.05) is 18.6 Å². The number of hydrogen-bond acceptors (Lipinski definition) is 3. The Bertz CT molecular complexity index is 462. The van der Waals surface area contributed by atoms with E-state index in [1.807, 2.05) is 0 Å². The number of rotatable bonds is 7. The molecule has 0 radical (unpaired) electrons. The van der Waals surface area contributed by atoms with Gasteiger partial charge in [0.2, 0.25) is 0 Å². The number of fused-ring (bicyclic) bond motifs is 2. The largest absolute Gasteiger partial charge is 0.390 e. The maximum Gasteiger partial charge on any atom is 0.0679 e. The van der Waals surface area contributed by atoms with Gasteiger partial charge in [-0.05, 0) is 24.8 Å². The molecule has 3 rings (SSSR count). The molecule has 1 aromatic rings. The lowest BCUT2D eigenvalue weighted by atomic mass is 9.78. The third-order valence-electron chi connectivity index (χ3n) is 5.49. The number of unbranched alkanes of at least 4 members (excludes halogenated alkanes) is 3. The Hall–Kier alpha value is -0.900. The molecule has 1 N–H and O–H groups in total. The lowest BCUT2D eigenvalue weighted by Gasteiger charge is -2.52. The molecule has 0 saturated carbocycles. The summed E-state index contributed by atoms with van der Waals surface area (Å²) < 4.78 is 5.79. The van der Waals surface area contributed by atoms with Gasteiger partial charge in [0.15, 0.2) is 0 Å². The van der Waals surface area contributed by atoms with Crippen LogP contribution in [-0.4, -0.2) is 40.9 Å². The highest BCUT2D eigenvalue weighted by molar-refractivity contribution is 5.15. The van der Waals surface area contributed by atoms with E-state index in [9.17, 15) is 5.11 Å². The summed E-state index contributed by atoms with van der Waals surface area (Å²) in [6.07, 6.45) is 7.63. The Labute approximate surface area is 140 Å². The number of aliphatic hydroxyl groups is 1. The van der Waals surface area contributed by atoms with E-state index in [0.717, 1.165) is 45.4 Å². The fourth-order valence-corrected chi connectivity index (χ4v) is 4.28. The number of nitrogens with zero attached hydrogens (tertiary/aromatic N) is 1. The van der Waals surface area contributed by atoms with Crippen molar-refractivity contribution in [3.05, 3.63) is 35.9 Å². The van der Waals surface area contributed by atoms with Crippen molar-refractivity contribution in [2.45, 2.75) is 76.1 Å². The van der Waals surface area contributed by atoms with Crippen LogP contribution < -0.4 is 0 Å². The summed E-state index contributed by atoms with van der Waals surface area (Å²) in [6, 6.07) is 11.4. The highest BCUT2D eigenvalue weighted by Crippen LogP contribution is 2.38. The van der Waals surface area contributed by atoms with Crippen LogP contribution in [0.15, 0.2) is 30.3 Å². The van der Waals surface area contributed by atoms with Crippen LogP contribution >= 0.6 is 0 Å². The first-order chi connectivity index (χ1) is 11.2. The second-order valence-electron chi connectivity index (χ2n) is 7.45. The molecule has 3 heteroatoms. The minimum Gasteiger partial charge on any atom is -0.390 e. The van der Waals surface area contributed by atoms with E-state index in [-0.39, 0.29) is 0 Å². The van der Waals surface area contributed by atoms with Crippen molar-refractivity contribution < 1.29 is 9.84 Å². The number of piperidine rings is 1. The predicted molar refractivity (Wildman–Crippen MR) is 93.3 cm³/mol. The Kier molecular flexibility index (Phi) is 5.73. The number of morpholine rings is 1. The van der Waals surface area contributed by atoms with Gasteiger partial charge < -0.3 is 9.84 Å². The van der Waals surface area contributed by atoms with Gasteiger partial charge in [0.05, 0.1) is 18.8 Å². The van der Waals surface area contributed by atoms with Gasteiger partial charge in [-0.1, -0.05) is 62.9 Å². The molecule has 2 aliphatic rings. The third kappa shape index (κ3) is 4.34. The van der Waals surface area contributed by atoms with Crippen LogP contribution in [0.3, 0.4) is 0 Å². The molecule has 0 amide bonds. The zero-order valence-electron chi connectivity index (χ0n) is 14.4. The van der Waals surface area contributed by atoms with Gasteiger partial charge in [0.1, 0.15) is 0 Å². The molecule has 0 spiro atoms. The maximum atomic E-state index is 11.1. The molecule has 2 unspecified atom stereocenters. The van der Waals surface area contributed by atoms with Crippen molar-refractivity contribution in [2.75, 3.05) is 13.2 Å². The molecular formula is C20H31NO2. The molecule has 2 aliphatic heterocycles. The standard InChI is InChI=1S/C20H31NO2/c1-2-3-4-8-11-20(22)12-18-15-23-16-19(13-20)21(18)14-17-9-6-5-7-10-17/h5-7,9-10,18-19,22H,2-4,8,11-16H2,1H3. The Morgan fingerprint density at radius 2 is 1.78 bits per heavy atom. The van der Waals surface area contributed by atoms with Gasteiger partial charge in [0.25, 0.3) is 0 Å². The number of benzene rings is 1. The first-order valence-electron chi connectivity index (χ1n) is 9.30. The van der Waals surface area contributed by atoms with Crippen molar-refractivity contribution in [3.8, 4) is 0 Å². The fourth-order valence-electron chi connectivity index (χ4n) is 4.28. The molecule has 128 valence electrons. The Morgan fingerprint density at radius 1 is 1.09 bits per heavy atom. The van der Waals surface area contributed by atoms with Crippen LogP contribution in [0.5, 0.6) is 0 Å². The fraction of sp³-hybridized carbons (Fsp3) is 0.700. The van der Waals surface area contributed by atoms with Crippen molar-refractivity contribution in [2.24, 2.45) is 0 Å². The molecule has 2 atom stereocenters. The summed E-state index contributed by atoms with van der Waals surface area (Å²) in [7, 11) is 0. The third-order valence-corrected chi connectivity index (χ3v) is 5.49. The summed E-state index contributed by atoms with van der Waals surface area (Å²) in [5.74, 6) is 0. The van der Waals surface area contributed by atoms with Gasteiger partial charge in [-0.15, -0.1) is 0 Å². The van der Waals surface area contributed by atoms with Gasteiger partial charge >= 0.3 is 0 Å². The normalized spacial score (nSPS) is 31.2. The molecule has 23 heavy (non-hydrogen) atoms. The highest BCUT2D eigenvalue weighted by atomic mass is 16.5. The summed E-state index contributed by atoms with van der Waals surface area (Å²) in [4.78, 5) is 2.57. The molecular weight excluding hydrogens is 286 g/mol. The predicted octanol–water partition coefficient (Wildman–Crippen LogP) is 3.75. The SMILES string of the molecule is CCCCCCC1(O)CC2COCC(C1)N2Cc1ccccc1. The van der Waals surface area contributed by atoms with E-state index < -0.39 is 5.60 Å². The molecule has 1 aromatic carbocycles. The lowest BCUT2D eigenvalue weighted by Crippen LogP contribution is -2.61. The summed E-state index contributed by atoms with van der Waals surface area (Å²) in [5, 5.41) is 11.1. The summed E-state index contributed by atoms with van der Waals surface area (Å²) in [6.45, 7) is 4.74. The molecule has 2 bridgehead atoms.